The molecular weight excluding hydrogens is 277 g/mol. The van der Waals surface area contributed by atoms with Crippen LogP contribution in [0, 0.1) is 0 Å². The van der Waals surface area contributed by atoms with E-state index in [9.17, 15) is 4.79 Å². The van der Waals surface area contributed by atoms with Gasteiger partial charge in [0.05, 0.1) is 16.1 Å². The molecule has 0 radical (unpaired) electrons. The molecule has 1 aromatic carbocycles. The lowest BCUT2D eigenvalue weighted by Crippen LogP contribution is -2.27. The van der Waals surface area contributed by atoms with E-state index in [0.29, 0.717) is 10.0 Å². The van der Waals surface area contributed by atoms with E-state index in [1.165, 1.54) is 0 Å². The molecule has 1 atom stereocenters. The number of nitrogens with zero attached hydrogens (tertiary/aromatic N) is 3. The predicted molar refractivity (Wildman–Crippen MR) is 66.5 cm³/mol. The molecule has 2 rings (SSSR count). The molecule has 0 aliphatic rings. The van der Waals surface area contributed by atoms with Crippen LogP contribution in [0.5, 0.6) is 0 Å². The zero-order valence-corrected chi connectivity index (χ0v) is 10.8. The van der Waals surface area contributed by atoms with E-state index in [4.69, 9.17) is 23.2 Å². The standard InChI is InChI=1S/C10H9Cl2N5O/c1-5(6-2-3-7(11)8(12)4-6)13-10(18)9-14-16-17-15-9/h2-5H,1H3,(H,13,18)(H,14,15,16,17). The van der Waals surface area contributed by atoms with Gasteiger partial charge in [-0.15, -0.1) is 10.2 Å². The first-order valence-electron chi connectivity index (χ1n) is 5.07. The number of carbonyl (C=O) groups is 1. The third-order valence-corrected chi connectivity index (χ3v) is 3.08. The molecule has 0 fully saturated rings. The van der Waals surface area contributed by atoms with Crippen LogP contribution in [0.4, 0.5) is 0 Å². The molecule has 8 heteroatoms. The highest BCUT2D eigenvalue weighted by atomic mass is 35.5. The highest BCUT2D eigenvalue weighted by Gasteiger charge is 2.15. The SMILES string of the molecule is CC(NC(=O)c1nn[nH]n1)c1ccc(Cl)c(Cl)c1. The maximum atomic E-state index is 11.7. The van der Waals surface area contributed by atoms with E-state index in [1.54, 1.807) is 18.2 Å². The van der Waals surface area contributed by atoms with Crippen LogP contribution in [0.1, 0.15) is 29.1 Å². The normalized spacial score (nSPS) is 12.2. The van der Waals surface area contributed by atoms with Gasteiger partial charge < -0.3 is 5.32 Å². The summed E-state index contributed by atoms with van der Waals surface area (Å²) in [4.78, 5) is 11.7. The van der Waals surface area contributed by atoms with Crippen LogP contribution in [0.15, 0.2) is 18.2 Å². The van der Waals surface area contributed by atoms with E-state index in [2.05, 4.69) is 25.9 Å². The number of H-pyrrole nitrogens is 1. The lowest BCUT2D eigenvalue weighted by atomic mass is 10.1. The second kappa shape index (κ2) is 5.32. The Balaban J connectivity index is 2.10. The number of rotatable bonds is 3. The Labute approximate surface area is 113 Å². The molecule has 1 amide bonds. The Kier molecular flexibility index (Phi) is 3.78. The molecule has 0 bridgehead atoms. The van der Waals surface area contributed by atoms with Crippen molar-refractivity contribution in [1.82, 2.24) is 25.9 Å². The van der Waals surface area contributed by atoms with Gasteiger partial charge in [0.1, 0.15) is 0 Å². The summed E-state index contributed by atoms with van der Waals surface area (Å²) in [5, 5.41) is 16.3. The third kappa shape index (κ3) is 2.77. The molecule has 1 aromatic heterocycles. The summed E-state index contributed by atoms with van der Waals surface area (Å²) in [5.41, 5.74) is 0.834. The van der Waals surface area contributed by atoms with Crippen molar-refractivity contribution in [2.24, 2.45) is 0 Å². The molecule has 18 heavy (non-hydrogen) atoms. The summed E-state index contributed by atoms with van der Waals surface area (Å²) in [7, 11) is 0. The van der Waals surface area contributed by atoms with E-state index >= 15 is 0 Å². The average molecular weight is 286 g/mol. The van der Waals surface area contributed by atoms with Gasteiger partial charge in [0, 0.05) is 0 Å². The number of aromatic amines is 1. The van der Waals surface area contributed by atoms with Crippen LogP contribution in [-0.2, 0) is 0 Å². The molecule has 0 saturated carbocycles. The smallest absolute Gasteiger partial charge is 0.293 e. The molecule has 0 aliphatic heterocycles. The summed E-state index contributed by atoms with van der Waals surface area (Å²) in [6, 6.07) is 4.92. The van der Waals surface area contributed by atoms with Gasteiger partial charge >= 0.3 is 0 Å². The van der Waals surface area contributed by atoms with Gasteiger partial charge in [-0.05, 0) is 29.8 Å². The maximum Gasteiger partial charge on any atom is 0.293 e. The number of aromatic nitrogens is 4. The molecular formula is C10H9Cl2N5O. The first-order valence-corrected chi connectivity index (χ1v) is 5.83. The lowest BCUT2D eigenvalue weighted by Gasteiger charge is -2.13. The van der Waals surface area contributed by atoms with Gasteiger partial charge in [-0.1, -0.05) is 29.3 Å². The van der Waals surface area contributed by atoms with E-state index in [0.717, 1.165) is 5.56 Å². The molecule has 0 aliphatic carbocycles. The molecule has 0 spiro atoms. The number of hydrogen-bond donors (Lipinski definition) is 2. The molecule has 2 aromatic rings. The molecule has 94 valence electrons. The summed E-state index contributed by atoms with van der Waals surface area (Å²) in [6.45, 7) is 1.82. The summed E-state index contributed by atoms with van der Waals surface area (Å²) >= 11 is 11.7. The van der Waals surface area contributed by atoms with E-state index < -0.39 is 5.91 Å². The summed E-state index contributed by atoms with van der Waals surface area (Å²) < 4.78 is 0. The van der Waals surface area contributed by atoms with Crippen LogP contribution in [0.25, 0.3) is 0 Å². The Bertz CT molecular complexity index is 557. The van der Waals surface area contributed by atoms with Crippen molar-refractivity contribution in [2.75, 3.05) is 0 Å². The summed E-state index contributed by atoms with van der Waals surface area (Å²) in [5.74, 6) is -0.427. The zero-order chi connectivity index (χ0) is 13.1. The topological polar surface area (TPSA) is 83.6 Å². The average Bonchev–Trinajstić information content (AvgIpc) is 2.86. The van der Waals surface area contributed by atoms with Gasteiger partial charge in [-0.2, -0.15) is 5.21 Å². The van der Waals surface area contributed by atoms with Gasteiger partial charge in [0.25, 0.3) is 11.7 Å². The van der Waals surface area contributed by atoms with Crippen molar-refractivity contribution in [1.29, 1.82) is 0 Å². The summed E-state index contributed by atoms with van der Waals surface area (Å²) in [6.07, 6.45) is 0. The van der Waals surface area contributed by atoms with Crippen molar-refractivity contribution in [2.45, 2.75) is 13.0 Å². The van der Waals surface area contributed by atoms with Crippen molar-refractivity contribution in [3.05, 3.63) is 39.6 Å². The maximum absolute atomic E-state index is 11.7. The highest BCUT2D eigenvalue weighted by Crippen LogP contribution is 2.25. The number of tetrazole rings is 1. The number of nitrogens with one attached hydrogen (secondary N) is 2. The van der Waals surface area contributed by atoms with Crippen LogP contribution >= 0.6 is 23.2 Å². The Morgan fingerprint density at radius 2 is 2.17 bits per heavy atom. The van der Waals surface area contributed by atoms with Gasteiger partial charge in [-0.3, -0.25) is 4.79 Å². The minimum absolute atomic E-state index is 0.0121. The predicted octanol–water partition coefficient (Wildman–Crippen LogP) is 2.00. The van der Waals surface area contributed by atoms with Crippen molar-refractivity contribution in [3.63, 3.8) is 0 Å². The van der Waals surface area contributed by atoms with Crippen molar-refractivity contribution >= 4 is 29.1 Å². The van der Waals surface area contributed by atoms with E-state index in [-0.39, 0.29) is 11.9 Å². The molecule has 6 nitrogen and oxygen atoms in total. The van der Waals surface area contributed by atoms with Crippen LogP contribution in [0.2, 0.25) is 10.0 Å². The molecule has 1 heterocycles. The zero-order valence-electron chi connectivity index (χ0n) is 9.32. The first kappa shape index (κ1) is 12.8. The minimum Gasteiger partial charge on any atom is -0.343 e. The molecule has 2 N–H and O–H groups in total. The number of carbonyl (C=O) groups excluding carboxylic acids is 1. The minimum atomic E-state index is -0.415. The second-order valence-corrected chi connectivity index (χ2v) is 4.42. The van der Waals surface area contributed by atoms with E-state index in [1.807, 2.05) is 6.92 Å². The van der Waals surface area contributed by atoms with Crippen molar-refractivity contribution in [3.8, 4) is 0 Å². The number of benzene rings is 1. The monoisotopic (exact) mass is 285 g/mol. The highest BCUT2D eigenvalue weighted by molar-refractivity contribution is 6.42. The largest absolute Gasteiger partial charge is 0.343 e. The van der Waals surface area contributed by atoms with Crippen LogP contribution < -0.4 is 5.32 Å². The fraction of sp³-hybridized carbons (Fsp3) is 0.200. The molecule has 1 unspecified atom stereocenters. The lowest BCUT2D eigenvalue weighted by molar-refractivity contribution is 0.0929. The number of hydrogen-bond acceptors (Lipinski definition) is 4. The van der Waals surface area contributed by atoms with Crippen molar-refractivity contribution < 1.29 is 4.79 Å². The number of halogens is 2. The Morgan fingerprint density at radius 3 is 2.78 bits per heavy atom. The Morgan fingerprint density at radius 1 is 1.39 bits per heavy atom. The quantitative estimate of drug-likeness (QED) is 0.903. The van der Waals surface area contributed by atoms with Gasteiger partial charge in [0.2, 0.25) is 0 Å². The number of amides is 1. The third-order valence-electron chi connectivity index (χ3n) is 2.34. The fourth-order valence-electron chi connectivity index (χ4n) is 1.38. The van der Waals surface area contributed by atoms with Crippen LogP contribution in [-0.4, -0.2) is 26.5 Å². The van der Waals surface area contributed by atoms with Crippen LogP contribution in [0.3, 0.4) is 0 Å². The van der Waals surface area contributed by atoms with Gasteiger partial charge in [-0.25, -0.2) is 0 Å². The fourth-order valence-corrected chi connectivity index (χ4v) is 1.69. The van der Waals surface area contributed by atoms with Gasteiger partial charge in [0.15, 0.2) is 0 Å². The Hall–Kier alpha value is -1.66. The second-order valence-electron chi connectivity index (χ2n) is 3.60. The molecule has 0 saturated heterocycles. The first-order chi connectivity index (χ1) is 8.58.